The van der Waals surface area contributed by atoms with Crippen molar-refractivity contribution >= 4 is 44.6 Å². The van der Waals surface area contributed by atoms with E-state index < -0.39 is 34.3 Å². The van der Waals surface area contributed by atoms with E-state index in [0.29, 0.717) is 4.31 Å². The van der Waals surface area contributed by atoms with Crippen LogP contribution < -0.4 is 19.1 Å². The number of hydrogen-bond donors (Lipinski definition) is 1. The molecule has 0 bridgehead atoms. The molecule has 0 aliphatic carbocycles. The number of carbonyl (C=O) groups is 2. The van der Waals surface area contributed by atoms with Gasteiger partial charge in [-0.3, -0.25) is 9.10 Å². The van der Waals surface area contributed by atoms with Crippen LogP contribution in [0, 0.1) is 5.82 Å². The summed E-state index contributed by atoms with van der Waals surface area (Å²) in [6.45, 7) is -0.768. The van der Waals surface area contributed by atoms with Crippen molar-refractivity contribution in [1.82, 2.24) is 0 Å². The van der Waals surface area contributed by atoms with Crippen molar-refractivity contribution in [2.24, 2.45) is 0 Å². The standard InChI is InChI=1S/C22H21FN2O7S2/c1-30-18-11-14(22(27)32-3)16(12-19(18)31-2)24-20(26)13-25(17-8-5-4-7-15(17)23)34(28,29)21-9-6-10-33-21/h4-12H,13H2,1-3H3,(H,24,26). The van der Waals surface area contributed by atoms with E-state index in [2.05, 4.69) is 5.32 Å². The van der Waals surface area contributed by atoms with Crippen molar-refractivity contribution in [3.63, 3.8) is 0 Å². The number of nitrogens with zero attached hydrogens (tertiary/aromatic N) is 1. The largest absolute Gasteiger partial charge is 0.493 e. The topological polar surface area (TPSA) is 111 Å². The minimum atomic E-state index is -4.26. The number of esters is 1. The van der Waals surface area contributed by atoms with Gasteiger partial charge in [0.2, 0.25) is 5.91 Å². The predicted molar refractivity (Wildman–Crippen MR) is 125 cm³/mol. The third-order valence-electron chi connectivity index (χ3n) is 4.65. The Labute approximate surface area is 199 Å². The number of rotatable bonds is 9. The quantitative estimate of drug-likeness (QED) is 0.440. The van der Waals surface area contributed by atoms with Crippen LogP contribution in [0.3, 0.4) is 0 Å². The summed E-state index contributed by atoms with van der Waals surface area (Å²) in [6.07, 6.45) is 0. The van der Waals surface area contributed by atoms with Crippen molar-refractivity contribution in [1.29, 1.82) is 0 Å². The minimum Gasteiger partial charge on any atom is -0.493 e. The lowest BCUT2D eigenvalue weighted by Crippen LogP contribution is -2.38. The number of thiophene rings is 1. The fraction of sp³-hybridized carbons (Fsp3) is 0.182. The smallest absolute Gasteiger partial charge is 0.340 e. The molecule has 0 unspecified atom stereocenters. The third kappa shape index (κ3) is 5.13. The van der Waals surface area contributed by atoms with Crippen molar-refractivity contribution in [2.45, 2.75) is 4.21 Å². The molecule has 34 heavy (non-hydrogen) atoms. The second-order valence-electron chi connectivity index (χ2n) is 6.69. The molecular formula is C22H21FN2O7S2. The molecule has 0 saturated carbocycles. The van der Waals surface area contributed by atoms with Gasteiger partial charge in [-0.05, 0) is 23.6 Å². The zero-order chi connectivity index (χ0) is 24.9. The van der Waals surface area contributed by atoms with Crippen LogP contribution in [0.15, 0.2) is 58.1 Å². The van der Waals surface area contributed by atoms with Crippen LogP contribution in [0.1, 0.15) is 10.4 Å². The van der Waals surface area contributed by atoms with E-state index in [-0.39, 0.29) is 32.6 Å². The fourth-order valence-corrected chi connectivity index (χ4v) is 5.59. The molecule has 0 atom stereocenters. The zero-order valence-electron chi connectivity index (χ0n) is 18.4. The van der Waals surface area contributed by atoms with Gasteiger partial charge in [0.1, 0.15) is 16.6 Å². The average molecular weight is 509 g/mol. The first-order valence-corrected chi connectivity index (χ1v) is 12.0. The molecule has 3 rings (SSSR count). The highest BCUT2D eigenvalue weighted by Crippen LogP contribution is 2.34. The number of sulfonamides is 1. The van der Waals surface area contributed by atoms with Crippen LogP contribution in [-0.2, 0) is 19.6 Å². The van der Waals surface area contributed by atoms with Crippen LogP contribution in [0.25, 0.3) is 0 Å². The number of carbonyl (C=O) groups excluding carboxylic acids is 2. The normalized spacial score (nSPS) is 10.9. The van der Waals surface area contributed by atoms with Crippen molar-refractivity contribution in [3.8, 4) is 11.5 Å². The van der Waals surface area contributed by atoms with E-state index in [9.17, 15) is 22.4 Å². The highest BCUT2D eigenvalue weighted by molar-refractivity contribution is 7.94. The van der Waals surface area contributed by atoms with Crippen LogP contribution in [0.4, 0.5) is 15.8 Å². The van der Waals surface area contributed by atoms with Gasteiger partial charge in [-0.25, -0.2) is 17.6 Å². The second-order valence-corrected chi connectivity index (χ2v) is 9.72. The Bertz CT molecular complexity index is 1290. The number of halogens is 1. The molecule has 12 heteroatoms. The molecule has 0 fully saturated rings. The summed E-state index contributed by atoms with van der Waals surface area (Å²) in [5.41, 5.74) is -0.352. The van der Waals surface area contributed by atoms with Gasteiger partial charge in [0.25, 0.3) is 10.0 Å². The zero-order valence-corrected chi connectivity index (χ0v) is 20.0. The molecule has 3 aromatic rings. The minimum absolute atomic E-state index is 0.00324. The Hall–Kier alpha value is -3.64. The van der Waals surface area contributed by atoms with Gasteiger partial charge in [0, 0.05) is 12.1 Å². The van der Waals surface area contributed by atoms with Gasteiger partial charge >= 0.3 is 5.97 Å². The van der Waals surface area contributed by atoms with E-state index in [1.54, 1.807) is 5.38 Å². The van der Waals surface area contributed by atoms with Gasteiger partial charge in [0.15, 0.2) is 11.5 Å². The summed E-state index contributed by atoms with van der Waals surface area (Å²) in [5, 5.41) is 4.04. The Kier molecular flexibility index (Phi) is 7.74. The SMILES string of the molecule is COC(=O)c1cc(OC)c(OC)cc1NC(=O)CN(c1ccccc1F)S(=O)(=O)c1cccs1. The van der Waals surface area contributed by atoms with Crippen molar-refractivity contribution in [2.75, 3.05) is 37.5 Å². The van der Waals surface area contributed by atoms with E-state index in [1.165, 1.54) is 56.7 Å². The molecule has 0 aliphatic rings. The number of ether oxygens (including phenoxy) is 3. The van der Waals surface area contributed by atoms with E-state index in [4.69, 9.17) is 14.2 Å². The Morgan fingerprint density at radius 3 is 2.29 bits per heavy atom. The fourth-order valence-electron chi connectivity index (χ4n) is 3.05. The number of hydrogen-bond acceptors (Lipinski definition) is 8. The molecule has 2 aromatic carbocycles. The molecule has 1 amide bonds. The van der Waals surface area contributed by atoms with Gasteiger partial charge in [-0.1, -0.05) is 18.2 Å². The first-order valence-electron chi connectivity index (χ1n) is 9.67. The van der Waals surface area contributed by atoms with Gasteiger partial charge in [-0.15, -0.1) is 11.3 Å². The number of benzene rings is 2. The monoisotopic (exact) mass is 508 g/mol. The maximum Gasteiger partial charge on any atom is 0.340 e. The molecule has 9 nitrogen and oxygen atoms in total. The Morgan fingerprint density at radius 1 is 1.03 bits per heavy atom. The van der Waals surface area contributed by atoms with Crippen LogP contribution in [-0.4, -0.2) is 48.2 Å². The van der Waals surface area contributed by atoms with Crippen LogP contribution >= 0.6 is 11.3 Å². The Morgan fingerprint density at radius 2 is 1.71 bits per heavy atom. The van der Waals surface area contributed by atoms with Crippen LogP contribution in [0.2, 0.25) is 0 Å². The number of anilines is 2. The maximum absolute atomic E-state index is 14.6. The lowest BCUT2D eigenvalue weighted by atomic mass is 10.1. The lowest BCUT2D eigenvalue weighted by Gasteiger charge is -2.24. The van der Waals surface area contributed by atoms with E-state index >= 15 is 0 Å². The molecule has 0 spiro atoms. The summed E-state index contributed by atoms with van der Waals surface area (Å²) in [4.78, 5) is 25.2. The highest BCUT2D eigenvalue weighted by atomic mass is 32.2. The van der Waals surface area contributed by atoms with Gasteiger partial charge in [-0.2, -0.15) is 0 Å². The van der Waals surface area contributed by atoms with Crippen LogP contribution in [0.5, 0.6) is 11.5 Å². The van der Waals surface area contributed by atoms with Crippen molar-refractivity contribution < 1.29 is 36.6 Å². The number of methoxy groups -OCH3 is 3. The average Bonchev–Trinajstić information content (AvgIpc) is 3.38. The summed E-state index contributed by atoms with van der Waals surface area (Å²) in [7, 11) is -0.352. The van der Waals surface area contributed by atoms with Gasteiger partial charge in [0.05, 0.1) is 38.3 Å². The summed E-state index contributed by atoms with van der Waals surface area (Å²) < 4.78 is 56.8. The predicted octanol–water partition coefficient (Wildman–Crippen LogP) is 3.53. The third-order valence-corrected chi connectivity index (χ3v) is 7.78. The molecule has 0 aliphatic heterocycles. The maximum atomic E-state index is 14.6. The number of para-hydroxylation sites is 1. The number of nitrogens with one attached hydrogen (secondary N) is 1. The van der Waals surface area contributed by atoms with Gasteiger partial charge < -0.3 is 19.5 Å². The van der Waals surface area contributed by atoms with E-state index in [1.807, 2.05) is 0 Å². The highest BCUT2D eigenvalue weighted by Gasteiger charge is 2.30. The molecule has 1 N–H and O–H groups in total. The lowest BCUT2D eigenvalue weighted by molar-refractivity contribution is -0.114. The Balaban J connectivity index is 2.00. The summed E-state index contributed by atoms with van der Waals surface area (Å²) in [6, 6.07) is 10.7. The molecule has 0 saturated heterocycles. The molecule has 0 radical (unpaired) electrons. The number of amides is 1. The van der Waals surface area contributed by atoms with Crippen molar-refractivity contribution in [3.05, 3.63) is 65.3 Å². The first kappa shape index (κ1) is 25.0. The molecular weight excluding hydrogens is 487 g/mol. The molecule has 180 valence electrons. The first-order chi connectivity index (χ1) is 16.2. The summed E-state index contributed by atoms with van der Waals surface area (Å²) in [5.74, 6) is -2.00. The van der Waals surface area contributed by atoms with E-state index in [0.717, 1.165) is 24.5 Å². The summed E-state index contributed by atoms with van der Waals surface area (Å²) >= 11 is 0.933. The second kappa shape index (κ2) is 10.5. The molecule has 1 aromatic heterocycles. The molecule has 1 heterocycles.